The van der Waals surface area contributed by atoms with Gasteiger partial charge in [0.15, 0.2) is 0 Å². The Bertz CT molecular complexity index is 564. The average Bonchev–Trinajstić information content (AvgIpc) is 2.29. The lowest BCUT2D eigenvalue weighted by Crippen LogP contribution is -2.45. The molecule has 0 unspecified atom stereocenters. The molecule has 1 heterocycles. The largest absolute Gasteiger partial charge is 0.530 e. The fourth-order valence-electron chi connectivity index (χ4n) is 1.23. The summed E-state index contributed by atoms with van der Waals surface area (Å²) in [6, 6.07) is 0.436. The number of hydrogen-bond acceptors (Lipinski definition) is 4. The third kappa shape index (κ3) is 5.16. The zero-order valence-electron chi connectivity index (χ0n) is 16.2. The molecule has 0 amide bonds. The van der Waals surface area contributed by atoms with E-state index in [1.165, 1.54) is 0 Å². The lowest BCUT2D eigenvalue weighted by molar-refractivity contribution is 0.430. The van der Waals surface area contributed by atoms with Gasteiger partial charge in [-0.15, -0.1) is 0 Å². The maximum absolute atomic E-state index is 6.35. The van der Waals surface area contributed by atoms with Crippen LogP contribution in [0.4, 0.5) is 0 Å². The van der Waals surface area contributed by atoms with Gasteiger partial charge in [-0.05, 0) is 58.9 Å². The summed E-state index contributed by atoms with van der Waals surface area (Å²) in [7, 11) is -3.89. The molecule has 0 bridgehead atoms. The molecule has 0 N–H and O–H groups in total. The van der Waals surface area contributed by atoms with Crippen LogP contribution in [-0.4, -0.2) is 26.6 Å². The Morgan fingerprint density at radius 1 is 0.870 bits per heavy atom. The summed E-state index contributed by atoms with van der Waals surface area (Å²) in [5.41, 5.74) is 0. The first-order chi connectivity index (χ1) is 10.1. The van der Waals surface area contributed by atoms with E-state index >= 15 is 0 Å². The minimum atomic E-state index is -1.95. The summed E-state index contributed by atoms with van der Waals surface area (Å²) in [5, 5.41) is 0.237. The second kappa shape index (κ2) is 6.63. The van der Waals surface area contributed by atoms with E-state index in [2.05, 4.69) is 100 Å². The minimum Gasteiger partial charge on any atom is -0.530 e. The van der Waals surface area contributed by atoms with Crippen molar-refractivity contribution in [3.8, 4) is 11.9 Å². The Labute approximate surface area is 157 Å². The van der Waals surface area contributed by atoms with Crippen molar-refractivity contribution in [2.75, 3.05) is 0 Å². The second-order valence-electron chi connectivity index (χ2n) is 9.03. The van der Waals surface area contributed by atoms with Crippen molar-refractivity contribution in [2.45, 2.75) is 77.8 Å². The molecule has 0 saturated heterocycles. The van der Waals surface area contributed by atoms with Crippen LogP contribution in [0.5, 0.6) is 11.9 Å². The van der Waals surface area contributed by atoms with Crippen molar-refractivity contribution in [2.24, 2.45) is 0 Å². The smallest absolute Gasteiger partial charge is 0.305 e. The van der Waals surface area contributed by atoms with Crippen LogP contribution in [-0.2, 0) is 0 Å². The summed E-state index contributed by atoms with van der Waals surface area (Å²) in [6.45, 7) is 22.1. The molecule has 0 aliphatic rings. The molecular weight excluding hydrogens is 435 g/mol. The molecule has 1 aromatic heterocycles. The topological polar surface area (TPSA) is 44.2 Å². The van der Waals surface area contributed by atoms with Crippen LogP contribution in [0.15, 0.2) is 6.20 Å². The van der Waals surface area contributed by atoms with Gasteiger partial charge in [0.1, 0.15) is 0 Å². The number of nitrogens with zero attached hydrogens (tertiary/aromatic N) is 2. The molecule has 1 aromatic rings. The van der Waals surface area contributed by atoms with E-state index in [-0.39, 0.29) is 10.1 Å². The highest BCUT2D eigenvalue weighted by Gasteiger charge is 2.41. The van der Waals surface area contributed by atoms with Crippen LogP contribution in [0.3, 0.4) is 0 Å². The van der Waals surface area contributed by atoms with E-state index in [4.69, 9.17) is 8.85 Å². The molecule has 0 spiro atoms. The lowest BCUT2D eigenvalue weighted by atomic mass is 10.2. The maximum Gasteiger partial charge on any atom is 0.305 e. The van der Waals surface area contributed by atoms with E-state index in [9.17, 15) is 0 Å². The molecule has 0 saturated carbocycles. The van der Waals surface area contributed by atoms with Crippen molar-refractivity contribution in [1.82, 2.24) is 9.97 Å². The second-order valence-corrected chi connectivity index (χ2v) is 19.6. The van der Waals surface area contributed by atoms with E-state index < -0.39 is 16.6 Å². The Balaban J connectivity index is 3.10. The number of hydrogen-bond donors (Lipinski definition) is 0. The van der Waals surface area contributed by atoms with Gasteiger partial charge in [0.25, 0.3) is 16.6 Å². The maximum atomic E-state index is 6.35. The van der Waals surface area contributed by atoms with E-state index in [1.807, 2.05) is 0 Å². The van der Waals surface area contributed by atoms with E-state index in [0.717, 1.165) is 3.57 Å². The summed E-state index contributed by atoms with van der Waals surface area (Å²) < 4.78 is 13.5. The van der Waals surface area contributed by atoms with Crippen LogP contribution in [0.25, 0.3) is 0 Å². The third-order valence-electron chi connectivity index (χ3n) is 5.00. The van der Waals surface area contributed by atoms with E-state index in [1.54, 1.807) is 6.20 Å². The predicted octanol–water partition coefficient (Wildman–Crippen LogP) is 5.85. The Morgan fingerprint density at radius 2 is 1.30 bits per heavy atom. The highest BCUT2D eigenvalue weighted by Crippen LogP contribution is 2.39. The highest BCUT2D eigenvalue weighted by atomic mass is 127. The van der Waals surface area contributed by atoms with Crippen molar-refractivity contribution >= 4 is 39.2 Å². The standard InChI is InChI=1S/C16H31IN2O2Si2/c1-15(2,3)22(7,8)20-13-12(17)11-18-14(19-13)21-23(9,10)16(4,5)6/h11H,1-10H3. The molecule has 0 radical (unpaired) electrons. The van der Waals surface area contributed by atoms with Gasteiger partial charge in [0.2, 0.25) is 5.88 Å². The summed E-state index contributed by atoms with van der Waals surface area (Å²) >= 11 is 2.23. The molecule has 23 heavy (non-hydrogen) atoms. The highest BCUT2D eigenvalue weighted by molar-refractivity contribution is 14.1. The zero-order chi connectivity index (χ0) is 18.3. The minimum absolute atomic E-state index is 0.111. The lowest BCUT2D eigenvalue weighted by Gasteiger charge is -2.37. The Morgan fingerprint density at radius 3 is 1.74 bits per heavy atom. The Kier molecular flexibility index (Phi) is 6.02. The van der Waals surface area contributed by atoms with Gasteiger partial charge in [-0.3, -0.25) is 0 Å². The third-order valence-corrected chi connectivity index (χ3v) is 14.4. The monoisotopic (exact) mass is 466 g/mol. The predicted molar refractivity (Wildman–Crippen MR) is 110 cm³/mol. The van der Waals surface area contributed by atoms with E-state index in [0.29, 0.717) is 11.9 Å². The molecule has 0 aliphatic carbocycles. The van der Waals surface area contributed by atoms with Gasteiger partial charge in [-0.1, -0.05) is 41.5 Å². The average molecular weight is 467 g/mol. The Hall–Kier alpha value is -0.156. The number of rotatable bonds is 4. The molecule has 4 nitrogen and oxygen atoms in total. The van der Waals surface area contributed by atoms with Crippen LogP contribution in [0.1, 0.15) is 41.5 Å². The molecule has 0 fully saturated rings. The quantitative estimate of drug-likeness (QED) is 0.413. The molecule has 132 valence electrons. The summed E-state index contributed by atoms with van der Waals surface area (Å²) in [5.74, 6) is 0.654. The van der Waals surface area contributed by atoms with Crippen molar-refractivity contribution in [3.05, 3.63) is 9.77 Å². The normalized spacial score (nSPS) is 13.9. The van der Waals surface area contributed by atoms with Crippen LogP contribution >= 0.6 is 22.6 Å². The van der Waals surface area contributed by atoms with Gasteiger partial charge < -0.3 is 8.85 Å². The molecule has 0 aromatic carbocycles. The van der Waals surface area contributed by atoms with Gasteiger partial charge in [-0.25, -0.2) is 4.98 Å². The van der Waals surface area contributed by atoms with Crippen LogP contribution in [0.2, 0.25) is 36.3 Å². The molecule has 0 atom stereocenters. The van der Waals surface area contributed by atoms with Crippen molar-refractivity contribution < 1.29 is 8.85 Å². The summed E-state index contributed by atoms with van der Waals surface area (Å²) in [6.07, 6.45) is 1.79. The van der Waals surface area contributed by atoms with Gasteiger partial charge >= 0.3 is 6.01 Å². The molecule has 0 aliphatic heterocycles. The molecular formula is C16H31IN2O2Si2. The fourth-order valence-corrected chi connectivity index (χ4v) is 3.62. The van der Waals surface area contributed by atoms with Gasteiger partial charge in [0.05, 0.1) is 9.77 Å². The van der Waals surface area contributed by atoms with Crippen molar-refractivity contribution in [1.29, 1.82) is 0 Å². The SMILES string of the molecule is CC(C)(C)[Si](C)(C)Oc1ncc(I)c(O[Si](C)(C)C(C)(C)C)n1. The molecule has 1 rings (SSSR count). The van der Waals surface area contributed by atoms with Crippen LogP contribution < -0.4 is 8.85 Å². The number of halogens is 1. The first-order valence-corrected chi connectivity index (χ1v) is 14.9. The first kappa shape index (κ1) is 20.9. The first-order valence-electron chi connectivity index (χ1n) is 7.97. The van der Waals surface area contributed by atoms with Gasteiger partial charge in [-0.2, -0.15) is 4.98 Å². The van der Waals surface area contributed by atoms with Crippen molar-refractivity contribution in [3.63, 3.8) is 0 Å². The fraction of sp³-hybridized carbons (Fsp3) is 0.750. The van der Waals surface area contributed by atoms with Crippen LogP contribution in [0, 0.1) is 3.57 Å². The van der Waals surface area contributed by atoms with Gasteiger partial charge in [0, 0.05) is 0 Å². The molecule has 7 heteroatoms. The zero-order valence-corrected chi connectivity index (χ0v) is 20.3. The summed E-state index contributed by atoms with van der Waals surface area (Å²) in [4.78, 5) is 8.94. The number of aromatic nitrogens is 2.